The molecular weight excluding hydrogens is 387 g/mol. The Labute approximate surface area is 170 Å². The molecule has 3 heterocycles. The van der Waals surface area contributed by atoms with Crippen LogP contribution in [0.25, 0.3) is 27.9 Å². The third-order valence-electron chi connectivity index (χ3n) is 4.61. The molecule has 0 aliphatic rings. The van der Waals surface area contributed by atoms with Crippen molar-refractivity contribution in [2.45, 2.75) is 6.61 Å². The summed E-state index contributed by atoms with van der Waals surface area (Å²) in [6.45, 7) is 0.133. The summed E-state index contributed by atoms with van der Waals surface area (Å²) in [5.74, 6) is 1.90. The van der Waals surface area contributed by atoms with Gasteiger partial charge in [-0.15, -0.1) is 10.2 Å². The molecule has 0 N–H and O–H groups in total. The molecule has 5 aromatic rings. The summed E-state index contributed by atoms with van der Waals surface area (Å²) < 4.78 is 25.9. The molecule has 2 aromatic carbocycles. The summed E-state index contributed by atoms with van der Waals surface area (Å²) in [6.07, 6.45) is 3.25. The highest BCUT2D eigenvalue weighted by atomic mass is 19.1. The van der Waals surface area contributed by atoms with E-state index in [1.54, 1.807) is 37.7 Å². The number of nitrogens with zero attached hydrogens (tertiary/aromatic N) is 6. The number of methoxy groups -OCH3 is 1. The van der Waals surface area contributed by atoms with Gasteiger partial charge in [-0.1, -0.05) is 0 Å². The van der Waals surface area contributed by atoms with Crippen molar-refractivity contribution >= 4 is 16.7 Å². The van der Waals surface area contributed by atoms with Gasteiger partial charge in [-0.25, -0.2) is 9.37 Å². The smallest absolute Gasteiger partial charge is 0.272 e. The minimum absolute atomic E-state index is 0.133. The van der Waals surface area contributed by atoms with Gasteiger partial charge in [0.05, 0.1) is 18.8 Å². The summed E-state index contributed by atoms with van der Waals surface area (Å²) in [6, 6.07) is 13.4. The number of halogens is 1. The van der Waals surface area contributed by atoms with Gasteiger partial charge < -0.3 is 9.47 Å². The third-order valence-corrected chi connectivity index (χ3v) is 4.61. The van der Waals surface area contributed by atoms with E-state index in [2.05, 4.69) is 25.3 Å². The maximum absolute atomic E-state index is 13.2. The van der Waals surface area contributed by atoms with Gasteiger partial charge >= 0.3 is 0 Å². The highest BCUT2D eigenvalue weighted by Crippen LogP contribution is 2.27. The second kappa shape index (κ2) is 7.36. The van der Waals surface area contributed by atoms with Crippen LogP contribution in [0.5, 0.6) is 11.5 Å². The van der Waals surface area contributed by atoms with Gasteiger partial charge in [0.15, 0.2) is 5.82 Å². The average Bonchev–Trinajstić information content (AvgIpc) is 3.20. The van der Waals surface area contributed by atoms with Gasteiger partial charge in [0, 0.05) is 23.2 Å². The van der Waals surface area contributed by atoms with E-state index >= 15 is 0 Å². The molecular formula is C21H15FN6O2. The zero-order valence-electron chi connectivity index (χ0n) is 15.9. The molecule has 30 heavy (non-hydrogen) atoms. The quantitative estimate of drug-likeness (QED) is 0.445. The maximum Gasteiger partial charge on any atom is 0.272 e. The van der Waals surface area contributed by atoms with Crippen molar-refractivity contribution in [1.29, 1.82) is 0 Å². The summed E-state index contributed by atoms with van der Waals surface area (Å²) in [7, 11) is 1.61. The van der Waals surface area contributed by atoms with E-state index in [-0.39, 0.29) is 12.4 Å². The molecule has 0 fully saturated rings. The van der Waals surface area contributed by atoms with Crippen LogP contribution in [-0.4, -0.2) is 36.9 Å². The molecule has 0 aliphatic carbocycles. The molecule has 9 heteroatoms. The topological polar surface area (TPSA) is 87.3 Å². The molecule has 0 saturated heterocycles. The molecule has 0 aliphatic heterocycles. The summed E-state index contributed by atoms with van der Waals surface area (Å²) in [5, 5.41) is 13.6. The molecule has 0 atom stereocenters. The molecule has 8 nitrogen and oxygen atoms in total. The molecule has 0 radical (unpaired) electrons. The third kappa shape index (κ3) is 3.26. The molecule has 3 aromatic heterocycles. The first kappa shape index (κ1) is 17.9. The first-order valence-corrected chi connectivity index (χ1v) is 9.10. The number of hydrogen-bond donors (Lipinski definition) is 0. The van der Waals surface area contributed by atoms with Gasteiger partial charge in [0.25, 0.3) is 5.78 Å². The molecule has 0 unspecified atom stereocenters. The fraction of sp³-hybridized carbons (Fsp3) is 0.0952. The van der Waals surface area contributed by atoms with Crippen LogP contribution in [0.4, 0.5) is 4.39 Å². The van der Waals surface area contributed by atoms with Crippen molar-refractivity contribution in [2.24, 2.45) is 0 Å². The van der Waals surface area contributed by atoms with Crippen LogP contribution in [-0.2, 0) is 6.61 Å². The first-order chi connectivity index (χ1) is 14.7. The Balaban J connectivity index is 1.45. The molecule has 0 spiro atoms. The van der Waals surface area contributed by atoms with E-state index in [0.29, 0.717) is 23.0 Å². The van der Waals surface area contributed by atoms with Gasteiger partial charge in [0.2, 0.25) is 0 Å². The highest BCUT2D eigenvalue weighted by molar-refractivity contribution is 5.85. The Hall–Kier alpha value is -4.14. The van der Waals surface area contributed by atoms with E-state index < -0.39 is 0 Å². The van der Waals surface area contributed by atoms with Crippen LogP contribution in [0, 0.1) is 5.82 Å². The van der Waals surface area contributed by atoms with Crippen molar-refractivity contribution in [3.63, 3.8) is 0 Å². The van der Waals surface area contributed by atoms with E-state index in [0.717, 1.165) is 22.2 Å². The predicted molar refractivity (Wildman–Crippen MR) is 107 cm³/mol. The SMILES string of the molecule is COc1ccc2c(OCc3nnc4ncc(-c5ccc(F)cc5)nn34)ccnc2c1. The zero-order chi connectivity index (χ0) is 20.5. The molecule has 5 rings (SSSR count). The van der Waals surface area contributed by atoms with Crippen molar-refractivity contribution in [3.8, 4) is 22.8 Å². The molecule has 0 saturated carbocycles. The minimum atomic E-state index is -0.312. The van der Waals surface area contributed by atoms with Crippen LogP contribution in [0.1, 0.15) is 5.82 Å². The van der Waals surface area contributed by atoms with E-state index in [4.69, 9.17) is 9.47 Å². The average molecular weight is 402 g/mol. The van der Waals surface area contributed by atoms with Crippen LogP contribution in [0.3, 0.4) is 0 Å². The van der Waals surface area contributed by atoms with Crippen LogP contribution >= 0.6 is 0 Å². The first-order valence-electron chi connectivity index (χ1n) is 9.10. The zero-order valence-corrected chi connectivity index (χ0v) is 15.9. The predicted octanol–water partition coefficient (Wildman–Crippen LogP) is 3.46. The molecule has 0 amide bonds. The van der Waals surface area contributed by atoms with Gasteiger partial charge in [-0.05, 0) is 42.5 Å². The largest absolute Gasteiger partial charge is 0.497 e. The standard InChI is InChI=1S/C21H15FN6O2/c1-29-15-6-7-16-17(10-15)23-9-8-19(16)30-12-20-25-26-21-24-11-18(27-28(20)21)13-2-4-14(22)5-3-13/h2-11H,12H2,1H3. The molecule has 0 bridgehead atoms. The Kier molecular flexibility index (Phi) is 4.40. The fourth-order valence-electron chi connectivity index (χ4n) is 3.08. The Morgan fingerprint density at radius 1 is 1.00 bits per heavy atom. The van der Waals surface area contributed by atoms with Crippen molar-refractivity contribution in [1.82, 2.24) is 29.8 Å². The lowest BCUT2D eigenvalue weighted by Gasteiger charge is -2.09. The van der Waals surface area contributed by atoms with Crippen molar-refractivity contribution in [3.05, 3.63) is 72.6 Å². The Morgan fingerprint density at radius 2 is 1.87 bits per heavy atom. The van der Waals surface area contributed by atoms with Crippen LogP contribution in [0.2, 0.25) is 0 Å². The maximum atomic E-state index is 13.2. The lowest BCUT2D eigenvalue weighted by atomic mass is 10.2. The van der Waals surface area contributed by atoms with E-state index in [9.17, 15) is 4.39 Å². The van der Waals surface area contributed by atoms with Gasteiger partial charge in [0.1, 0.15) is 29.6 Å². The number of hydrogen-bond acceptors (Lipinski definition) is 7. The highest BCUT2D eigenvalue weighted by Gasteiger charge is 2.12. The van der Waals surface area contributed by atoms with E-state index in [1.807, 2.05) is 18.2 Å². The number of benzene rings is 2. The second-order valence-electron chi connectivity index (χ2n) is 6.46. The van der Waals surface area contributed by atoms with Crippen LogP contribution < -0.4 is 9.47 Å². The van der Waals surface area contributed by atoms with Gasteiger partial charge in [-0.3, -0.25) is 4.98 Å². The summed E-state index contributed by atoms with van der Waals surface area (Å²) in [4.78, 5) is 8.63. The number of aromatic nitrogens is 6. The number of rotatable bonds is 5. The molecule has 148 valence electrons. The number of pyridine rings is 1. The second-order valence-corrected chi connectivity index (χ2v) is 6.46. The number of ether oxygens (including phenoxy) is 2. The Bertz CT molecular complexity index is 1350. The summed E-state index contributed by atoms with van der Waals surface area (Å²) >= 11 is 0. The van der Waals surface area contributed by atoms with Crippen LogP contribution in [0.15, 0.2) is 60.9 Å². The number of fused-ring (bicyclic) bond motifs is 2. The normalized spacial score (nSPS) is 11.1. The summed E-state index contributed by atoms with van der Waals surface area (Å²) in [5.41, 5.74) is 2.07. The fourth-order valence-corrected chi connectivity index (χ4v) is 3.08. The van der Waals surface area contributed by atoms with Gasteiger partial charge in [-0.2, -0.15) is 9.61 Å². The minimum Gasteiger partial charge on any atom is -0.497 e. The lowest BCUT2D eigenvalue weighted by Crippen LogP contribution is -2.06. The van der Waals surface area contributed by atoms with Crippen molar-refractivity contribution < 1.29 is 13.9 Å². The Morgan fingerprint density at radius 3 is 2.70 bits per heavy atom. The van der Waals surface area contributed by atoms with E-state index in [1.165, 1.54) is 16.6 Å². The van der Waals surface area contributed by atoms with Crippen molar-refractivity contribution in [2.75, 3.05) is 7.11 Å². The lowest BCUT2D eigenvalue weighted by molar-refractivity contribution is 0.296. The monoisotopic (exact) mass is 402 g/mol.